The maximum atomic E-state index is 8.74. The highest BCUT2D eigenvalue weighted by atomic mass is 79.9. The first-order valence-electron chi connectivity index (χ1n) is 3.87. The van der Waals surface area contributed by atoms with Gasteiger partial charge in [-0.25, -0.2) is 0 Å². The summed E-state index contributed by atoms with van der Waals surface area (Å²) >= 11 is 6.83. The maximum absolute atomic E-state index is 8.74. The lowest BCUT2D eigenvalue weighted by Crippen LogP contribution is -1.83. The van der Waals surface area contributed by atoms with Crippen LogP contribution in [0.1, 0.15) is 12.5 Å². The summed E-state index contributed by atoms with van der Waals surface area (Å²) in [6.45, 7) is 2.06. The van der Waals surface area contributed by atoms with Gasteiger partial charge >= 0.3 is 0 Å². The normalized spacial score (nSPS) is 11.8. The van der Waals surface area contributed by atoms with Gasteiger partial charge in [-0.2, -0.15) is 0 Å². The molecule has 0 radical (unpaired) electrons. The van der Waals surface area contributed by atoms with Gasteiger partial charge in [0.05, 0.1) is 6.61 Å². The van der Waals surface area contributed by atoms with E-state index >= 15 is 0 Å². The van der Waals surface area contributed by atoms with Crippen molar-refractivity contribution in [3.05, 3.63) is 38.8 Å². The lowest BCUT2D eigenvalue weighted by Gasteiger charge is -2.03. The number of allylic oxidation sites excluding steroid dienone is 1. The lowest BCUT2D eigenvalue weighted by molar-refractivity contribution is 0.343. The second kappa shape index (κ2) is 4.94. The van der Waals surface area contributed by atoms with E-state index in [9.17, 15) is 0 Å². The third kappa shape index (κ3) is 3.25. The molecular formula is C10H10Br2O. The summed E-state index contributed by atoms with van der Waals surface area (Å²) in [5.41, 5.74) is 2.18. The zero-order chi connectivity index (χ0) is 9.84. The minimum Gasteiger partial charge on any atom is -0.392 e. The van der Waals surface area contributed by atoms with Crippen LogP contribution in [0.4, 0.5) is 0 Å². The van der Waals surface area contributed by atoms with E-state index in [-0.39, 0.29) is 6.61 Å². The van der Waals surface area contributed by atoms with Crippen LogP contribution in [0.25, 0.3) is 5.57 Å². The first kappa shape index (κ1) is 11.0. The molecule has 0 unspecified atom stereocenters. The number of halogens is 2. The molecule has 1 aromatic carbocycles. The van der Waals surface area contributed by atoms with Crippen LogP contribution in [-0.2, 0) is 0 Å². The standard InChI is InChI=1S/C10H10Br2O/c1-7(2-3-13)8-4-9(11)6-10(12)5-8/h2,4-6,13H,3H2,1H3. The summed E-state index contributed by atoms with van der Waals surface area (Å²) in [7, 11) is 0. The van der Waals surface area contributed by atoms with Gasteiger partial charge in [-0.05, 0) is 36.3 Å². The first-order valence-corrected chi connectivity index (χ1v) is 5.46. The number of hydrogen-bond acceptors (Lipinski definition) is 1. The molecule has 1 rings (SSSR count). The van der Waals surface area contributed by atoms with Crippen LogP contribution in [0.5, 0.6) is 0 Å². The zero-order valence-corrected chi connectivity index (χ0v) is 10.4. The molecule has 1 nitrogen and oxygen atoms in total. The van der Waals surface area contributed by atoms with E-state index in [0.717, 1.165) is 20.1 Å². The molecule has 0 spiro atoms. The van der Waals surface area contributed by atoms with E-state index in [4.69, 9.17) is 5.11 Å². The molecule has 1 aromatic rings. The molecule has 13 heavy (non-hydrogen) atoms. The van der Waals surface area contributed by atoms with Crippen molar-refractivity contribution in [3.8, 4) is 0 Å². The van der Waals surface area contributed by atoms with Crippen LogP contribution >= 0.6 is 31.9 Å². The van der Waals surface area contributed by atoms with Crippen LogP contribution in [0.15, 0.2) is 33.2 Å². The highest BCUT2D eigenvalue weighted by molar-refractivity contribution is 9.11. The van der Waals surface area contributed by atoms with Gasteiger partial charge in [-0.3, -0.25) is 0 Å². The third-order valence-corrected chi connectivity index (χ3v) is 2.63. The molecular weight excluding hydrogens is 296 g/mol. The average Bonchev–Trinajstić information content (AvgIpc) is 2.03. The zero-order valence-electron chi connectivity index (χ0n) is 7.22. The fraction of sp³-hybridized carbons (Fsp3) is 0.200. The first-order chi connectivity index (χ1) is 6.13. The SMILES string of the molecule is CC(=CCO)c1cc(Br)cc(Br)c1. The van der Waals surface area contributed by atoms with E-state index in [1.165, 1.54) is 0 Å². The van der Waals surface area contributed by atoms with Crippen molar-refractivity contribution in [3.63, 3.8) is 0 Å². The Kier molecular flexibility index (Phi) is 4.16. The predicted molar refractivity (Wildman–Crippen MR) is 62.6 cm³/mol. The summed E-state index contributed by atoms with van der Waals surface area (Å²) in [5, 5.41) is 8.74. The van der Waals surface area contributed by atoms with Gasteiger partial charge in [-0.15, -0.1) is 0 Å². The molecule has 0 fully saturated rings. The average molecular weight is 306 g/mol. The Morgan fingerprint density at radius 1 is 1.31 bits per heavy atom. The van der Waals surface area contributed by atoms with Crippen LogP contribution in [0.2, 0.25) is 0 Å². The van der Waals surface area contributed by atoms with Crippen molar-refractivity contribution in [2.75, 3.05) is 6.61 Å². The molecule has 1 N–H and O–H groups in total. The van der Waals surface area contributed by atoms with E-state index < -0.39 is 0 Å². The number of rotatable bonds is 2. The minimum absolute atomic E-state index is 0.0793. The second-order valence-electron chi connectivity index (χ2n) is 2.73. The van der Waals surface area contributed by atoms with Crippen LogP contribution < -0.4 is 0 Å². The Bertz CT molecular complexity index is 311. The maximum Gasteiger partial charge on any atom is 0.0618 e. The Labute approximate surface area is 94.7 Å². The molecule has 70 valence electrons. The molecule has 0 aliphatic carbocycles. The Morgan fingerprint density at radius 2 is 1.85 bits per heavy atom. The fourth-order valence-electron chi connectivity index (χ4n) is 1.04. The summed E-state index contributed by atoms with van der Waals surface area (Å²) < 4.78 is 2.06. The van der Waals surface area contributed by atoms with Crippen molar-refractivity contribution in [1.29, 1.82) is 0 Å². The van der Waals surface area contributed by atoms with Crippen molar-refractivity contribution < 1.29 is 5.11 Å². The van der Waals surface area contributed by atoms with E-state index in [1.54, 1.807) is 6.08 Å². The Balaban J connectivity index is 3.08. The highest BCUT2D eigenvalue weighted by Gasteiger charge is 1.98. The van der Waals surface area contributed by atoms with Gasteiger partial charge in [0.25, 0.3) is 0 Å². The molecule has 0 saturated carbocycles. The van der Waals surface area contributed by atoms with Crippen LogP contribution in [0, 0.1) is 0 Å². The minimum atomic E-state index is 0.0793. The van der Waals surface area contributed by atoms with Gasteiger partial charge < -0.3 is 5.11 Å². The number of benzene rings is 1. The van der Waals surface area contributed by atoms with Gasteiger partial charge in [-0.1, -0.05) is 37.9 Å². The van der Waals surface area contributed by atoms with Gasteiger partial charge in [0.2, 0.25) is 0 Å². The number of aliphatic hydroxyl groups excluding tert-OH is 1. The van der Waals surface area contributed by atoms with E-state index in [0.29, 0.717) is 0 Å². The predicted octanol–water partition coefficient (Wildman–Crippen LogP) is 3.61. The summed E-state index contributed by atoms with van der Waals surface area (Å²) in [5.74, 6) is 0. The van der Waals surface area contributed by atoms with Gasteiger partial charge in [0, 0.05) is 8.95 Å². The Morgan fingerprint density at radius 3 is 2.31 bits per heavy atom. The molecule has 0 aliphatic rings. The monoisotopic (exact) mass is 304 g/mol. The molecule has 3 heteroatoms. The largest absolute Gasteiger partial charge is 0.392 e. The van der Waals surface area contributed by atoms with Crippen LogP contribution in [0.3, 0.4) is 0 Å². The fourth-order valence-corrected chi connectivity index (χ4v) is 2.33. The Hall–Kier alpha value is -0.120. The van der Waals surface area contributed by atoms with Crippen molar-refractivity contribution in [1.82, 2.24) is 0 Å². The summed E-state index contributed by atoms with van der Waals surface area (Å²) in [4.78, 5) is 0. The van der Waals surface area contributed by atoms with Gasteiger partial charge in [0.15, 0.2) is 0 Å². The van der Waals surface area contributed by atoms with Crippen molar-refractivity contribution in [2.24, 2.45) is 0 Å². The smallest absolute Gasteiger partial charge is 0.0618 e. The molecule has 0 atom stereocenters. The number of aliphatic hydroxyl groups is 1. The summed E-state index contributed by atoms with van der Waals surface area (Å²) in [6, 6.07) is 6.02. The second-order valence-corrected chi connectivity index (χ2v) is 4.56. The summed E-state index contributed by atoms with van der Waals surface area (Å²) in [6.07, 6.45) is 1.79. The van der Waals surface area contributed by atoms with E-state index in [2.05, 4.69) is 31.9 Å². The molecule has 0 bridgehead atoms. The van der Waals surface area contributed by atoms with E-state index in [1.807, 2.05) is 25.1 Å². The van der Waals surface area contributed by atoms with Crippen molar-refractivity contribution in [2.45, 2.75) is 6.92 Å². The topological polar surface area (TPSA) is 20.2 Å². The molecule has 0 amide bonds. The quantitative estimate of drug-likeness (QED) is 0.885. The molecule has 0 saturated heterocycles. The molecule has 0 aliphatic heterocycles. The lowest BCUT2D eigenvalue weighted by atomic mass is 10.1. The van der Waals surface area contributed by atoms with Crippen LogP contribution in [-0.4, -0.2) is 11.7 Å². The van der Waals surface area contributed by atoms with Gasteiger partial charge in [0.1, 0.15) is 0 Å². The highest BCUT2D eigenvalue weighted by Crippen LogP contribution is 2.24. The van der Waals surface area contributed by atoms with Crippen molar-refractivity contribution >= 4 is 37.4 Å². The number of hydrogen-bond donors (Lipinski definition) is 1. The molecule has 0 heterocycles. The molecule has 0 aromatic heterocycles. The third-order valence-electron chi connectivity index (χ3n) is 1.72.